The lowest BCUT2D eigenvalue weighted by Gasteiger charge is -2.36. The van der Waals surface area contributed by atoms with E-state index in [1.807, 2.05) is 31.4 Å². The summed E-state index contributed by atoms with van der Waals surface area (Å²) in [6.07, 6.45) is 6.00. The Kier molecular flexibility index (Phi) is 6.11. The Morgan fingerprint density at radius 3 is 2.68 bits per heavy atom. The molecule has 1 aliphatic heterocycles. The number of dihydropyridines is 1. The fraction of sp³-hybridized carbons (Fsp3) is 0.367. The summed E-state index contributed by atoms with van der Waals surface area (Å²) in [7, 11) is 0. The monoisotopic (exact) mass is 515 g/mol. The van der Waals surface area contributed by atoms with Crippen molar-refractivity contribution in [3.05, 3.63) is 90.7 Å². The number of fused-ring (bicyclic) bond motifs is 1. The number of carbonyl (C=O) groups is 2. The smallest absolute Gasteiger partial charge is 0.337 e. The Morgan fingerprint density at radius 1 is 1.11 bits per heavy atom. The van der Waals surface area contributed by atoms with Crippen LogP contribution in [0.15, 0.2) is 73.7 Å². The van der Waals surface area contributed by atoms with Crippen LogP contribution in [0.5, 0.6) is 0 Å². The van der Waals surface area contributed by atoms with Gasteiger partial charge in [-0.3, -0.25) is 9.59 Å². The number of aryl methyl sites for hydroxylation is 1. The number of hydrogen-bond donors (Lipinski definition) is 1. The van der Waals surface area contributed by atoms with E-state index in [9.17, 15) is 14.4 Å². The summed E-state index contributed by atoms with van der Waals surface area (Å²) in [5, 5.41) is 5.83. The third kappa shape index (κ3) is 4.25. The summed E-state index contributed by atoms with van der Waals surface area (Å²) in [5.41, 5.74) is 3.69. The molecule has 1 aromatic carbocycles. The first kappa shape index (κ1) is 23.9. The van der Waals surface area contributed by atoms with Gasteiger partial charge in [0.1, 0.15) is 11.7 Å². The molecular formula is C30H29NO5S. The molecule has 1 fully saturated rings. The van der Waals surface area contributed by atoms with Crippen LogP contribution in [0, 0.1) is 6.92 Å². The number of hydrogen-bond acceptors (Lipinski definition) is 7. The lowest BCUT2D eigenvalue weighted by atomic mass is 9.73. The lowest BCUT2D eigenvalue weighted by molar-refractivity contribution is -0.144. The largest absolute Gasteiger partial charge is 0.464 e. The Morgan fingerprint density at radius 2 is 1.92 bits per heavy atom. The van der Waals surface area contributed by atoms with Crippen LogP contribution in [0.1, 0.15) is 73.3 Å². The van der Waals surface area contributed by atoms with E-state index in [0.29, 0.717) is 46.2 Å². The minimum absolute atomic E-state index is 0.0560. The van der Waals surface area contributed by atoms with Crippen molar-refractivity contribution in [3.8, 4) is 0 Å². The van der Waals surface area contributed by atoms with Crippen molar-refractivity contribution in [3.63, 3.8) is 0 Å². The van der Waals surface area contributed by atoms with E-state index in [0.717, 1.165) is 41.8 Å². The van der Waals surface area contributed by atoms with Crippen molar-refractivity contribution in [1.29, 1.82) is 0 Å². The maximum Gasteiger partial charge on any atom is 0.337 e. The summed E-state index contributed by atoms with van der Waals surface area (Å²) in [4.78, 5) is 42.4. The zero-order valence-corrected chi connectivity index (χ0v) is 21.8. The molecule has 37 heavy (non-hydrogen) atoms. The number of esters is 1. The summed E-state index contributed by atoms with van der Waals surface area (Å²) in [5.74, 6) is -1.29. The average Bonchev–Trinajstić information content (AvgIpc) is 3.58. The summed E-state index contributed by atoms with van der Waals surface area (Å²) in [6, 6.07) is 9.51. The number of ketones is 1. The van der Waals surface area contributed by atoms with Crippen LogP contribution in [-0.4, -0.2) is 17.9 Å². The van der Waals surface area contributed by atoms with Crippen LogP contribution in [0.2, 0.25) is 0 Å². The zero-order chi connectivity index (χ0) is 25.7. The van der Waals surface area contributed by atoms with Gasteiger partial charge in [0.25, 0.3) is 0 Å². The molecular weight excluding hydrogens is 486 g/mol. The van der Waals surface area contributed by atoms with Crippen molar-refractivity contribution < 1.29 is 18.7 Å². The molecule has 2 aliphatic carbocycles. The molecule has 1 saturated carbocycles. The van der Waals surface area contributed by atoms with Gasteiger partial charge >= 0.3 is 5.97 Å². The summed E-state index contributed by atoms with van der Waals surface area (Å²) in [6.45, 7) is 3.74. The van der Waals surface area contributed by atoms with Crippen LogP contribution < -0.4 is 10.7 Å². The Balaban J connectivity index is 1.49. The number of Topliss-reactive ketones (excluding diaryl/α,β-unsaturated/α-hetero) is 1. The maximum atomic E-state index is 13.8. The van der Waals surface area contributed by atoms with Gasteiger partial charge in [0.2, 0.25) is 0 Å². The second kappa shape index (κ2) is 9.45. The van der Waals surface area contributed by atoms with Gasteiger partial charge < -0.3 is 14.5 Å². The van der Waals surface area contributed by atoms with Crippen LogP contribution in [0.4, 0.5) is 0 Å². The number of carbonyl (C=O) groups excluding carboxylic acids is 2. The molecule has 6 nitrogen and oxygen atoms in total. The molecule has 3 aromatic rings. The first-order chi connectivity index (χ1) is 17.9. The van der Waals surface area contributed by atoms with Gasteiger partial charge in [-0.15, -0.1) is 11.3 Å². The average molecular weight is 516 g/mol. The Labute approximate surface area is 219 Å². The van der Waals surface area contributed by atoms with Crippen molar-refractivity contribution in [2.24, 2.45) is 0 Å². The number of rotatable bonds is 4. The highest BCUT2D eigenvalue weighted by molar-refractivity contribution is 7.10. The fourth-order valence-corrected chi connectivity index (χ4v) is 6.86. The van der Waals surface area contributed by atoms with E-state index in [1.165, 1.54) is 6.26 Å². The number of thiophene rings is 1. The number of ether oxygens (including phenoxy) is 1. The summed E-state index contributed by atoms with van der Waals surface area (Å²) >= 11 is 1.64. The third-order valence-corrected chi connectivity index (χ3v) is 8.87. The molecule has 2 atom stereocenters. The normalized spacial score (nSPS) is 22.4. The number of nitrogens with one attached hydrogen (secondary N) is 1. The van der Waals surface area contributed by atoms with Gasteiger partial charge in [-0.05, 0) is 69.5 Å². The minimum atomic E-state index is -0.830. The van der Waals surface area contributed by atoms with Crippen molar-refractivity contribution in [2.45, 2.75) is 70.3 Å². The van der Waals surface area contributed by atoms with Gasteiger partial charge in [-0.25, -0.2) is 4.79 Å². The second-order valence-corrected chi connectivity index (χ2v) is 11.3. The lowest BCUT2D eigenvalue weighted by Crippen LogP contribution is -2.38. The van der Waals surface area contributed by atoms with E-state index in [2.05, 4.69) is 11.4 Å². The van der Waals surface area contributed by atoms with Crippen LogP contribution >= 0.6 is 11.3 Å². The van der Waals surface area contributed by atoms with E-state index in [-0.39, 0.29) is 23.2 Å². The molecule has 6 rings (SSSR count). The van der Waals surface area contributed by atoms with Gasteiger partial charge in [0.05, 0.1) is 23.1 Å². The molecule has 0 unspecified atom stereocenters. The second-order valence-electron chi connectivity index (χ2n) is 10.4. The van der Waals surface area contributed by atoms with Crippen molar-refractivity contribution >= 4 is 34.1 Å². The quantitative estimate of drug-likeness (QED) is 0.428. The number of benzene rings is 1. The molecule has 0 spiro atoms. The Hall–Kier alpha value is -3.45. The van der Waals surface area contributed by atoms with Gasteiger partial charge in [-0.1, -0.05) is 17.7 Å². The first-order valence-electron chi connectivity index (χ1n) is 12.9. The number of allylic oxidation sites excluding steroid dienone is 3. The van der Waals surface area contributed by atoms with Crippen molar-refractivity contribution in [1.82, 2.24) is 5.32 Å². The van der Waals surface area contributed by atoms with E-state index in [1.54, 1.807) is 23.5 Å². The fourth-order valence-electron chi connectivity index (χ4n) is 6.03. The standard InChI is InChI=1S/C30H29NO5S/c1-16-9-10-24-20(12-16)29(33)21(15-35-24)27-26(30(34)36-19-6-3-4-7-19)17(2)31-22-13-18(14-23(32)28(22)27)25-8-5-11-37-25/h5,8-12,15,18-19,27,31H,3-4,6-7,13-14H2,1-2H3/t18-,27-/m0/s1. The third-order valence-electron chi connectivity index (χ3n) is 7.83. The molecule has 7 heteroatoms. The topological polar surface area (TPSA) is 85.6 Å². The highest BCUT2D eigenvalue weighted by Crippen LogP contribution is 2.46. The van der Waals surface area contributed by atoms with E-state index < -0.39 is 11.9 Å². The van der Waals surface area contributed by atoms with Crippen LogP contribution in [-0.2, 0) is 14.3 Å². The maximum absolute atomic E-state index is 13.8. The molecule has 0 amide bonds. The molecule has 3 heterocycles. The molecule has 1 N–H and O–H groups in total. The van der Waals surface area contributed by atoms with Crippen LogP contribution in [0.25, 0.3) is 11.0 Å². The van der Waals surface area contributed by atoms with E-state index >= 15 is 0 Å². The van der Waals surface area contributed by atoms with Crippen LogP contribution in [0.3, 0.4) is 0 Å². The highest BCUT2D eigenvalue weighted by atomic mass is 32.1. The zero-order valence-electron chi connectivity index (χ0n) is 21.0. The predicted molar refractivity (Wildman–Crippen MR) is 142 cm³/mol. The molecule has 0 saturated heterocycles. The van der Waals surface area contributed by atoms with E-state index in [4.69, 9.17) is 9.15 Å². The first-order valence-corrected chi connectivity index (χ1v) is 13.8. The Bertz CT molecular complexity index is 1520. The molecule has 0 bridgehead atoms. The van der Waals surface area contributed by atoms with Gasteiger partial charge in [-0.2, -0.15) is 0 Å². The van der Waals surface area contributed by atoms with Crippen molar-refractivity contribution in [2.75, 3.05) is 0 Å². The molecule has 190 valence electrons. The summed E-state index contributed by atoms with van der Waals surface area (Å²) < 4.78 is 11.8. The SMILES string of the molecule is CC1=C(C(=O)OC2CCCC2)[C@H](c2coc3ccc(C)cc3c2=O)C2=C(C[C@H](c3cccs3)CC2=O)N1. The molecule has 3 aliphatic rings. The minimum Gasteiger partial charge on any atom is -0.464 e. The van der Waals surface area contributed by atoms with Gasteiger partial charge in [0.15, 0.2) is 11.2 Å². The van der Waals surface area contributed by atoms with Gasteiger partial charge in [0, 0.05) is 39.7 Å². The molecule has 0 radical (unpaired) electrons. The molecule has 2 aromatic heterocycles. The predicted octanol–water partition coefficient (Wildman–Crippen LogP) is 6.01. The highest BCUT2D eigenvalue weighted by Gasteiger charge is 2.43.